The number of aryl methyl sites for hydroxylation is 2. The summed E-state index contributed by atoms with van der Waals surface area (Å²) in [5.74, 6) is -0.00777. The minimum absolute atomic E-state index is 0.0408. The number of aliphatic hydroxyl groups excluding tert-OH is 1. The number of nitrogens with zero attached hydrogens (tertiary/aromatic N) is 2. The molecule has 2 saturated carbocycles. The highest BCUT2D eigenvalue weighted by Gasteiger charge is 2.32. The Morgan fingerprint density at radius 3 is 2.64 bits per heavy atom. The highest BCUT2D eigenvalue weighted by molar-refractivity contribution is 6.09. The number of halogens is 1. The van der Waals surface area contributed by atoms with E-state index < -0.39 is 11.9 Å². The Morgan fingerprint density at radius 2 is 1.95 bits per heavy atom. The zero-order chi connectivity index (χ0) is 27.8. The average molecular weight is 538 g/mol. The molecule has 3 aromatic rings. The predicted molar refractivity (Wildman–Crippen MR) is 145 cm³/mol. The van der Waals surface area contributed by atoms with Crippen LogP contribution in [-0.4, -0.2) is 56.7 Å². The van der Waals surface area contributed by atoms with Crippen LogP contribution in [0.25, 0.3) is 22.3 Å². The van der Waals surface area contributed by atoms with E-state index in [9.17, 15) is 14.7 Å². The molecule has 0 saturated heterocycles. The van der Waals surface area contributed by atoms with Gasteiger partial charge in [0.15, 0.2) is 0 Å². The molecule has 208 valence electrons. The highest BCUT2D eigenvalue weighted by Crippen LogP contribution is 2.39. The molecule has 2 heterocycles. The van der Waals surface area contributed by atoms with Crippen LogP contribution in [0.15, 0.2) is 18.5 Å². The number of nitrogens with one attached hydrogen (secondary N) is 3. The number of fused-ring (bicyclic) bond motifs is 1. The van der Waals surface area contributed by atoms with Gasteiger partial charge in [-0.15, -0.1) is 0 Å². The summed E-state index contributed by atoms with van der Waals surface area (Å²) >= 11 is 0. The monoisotopic (exact) mass is 537 g/mol. The van der Waals surface area contributed by atoms with Crippen molar-refractivity contribution in [1.29, 1.82) is 0 Å². The molecule has 9 nitrogen and oxygen atoms in total. The molecule has 2 fully saturated rings. The van der Waals surface area contributed by atoms with Gasteiger partial charge < -0.3 is 25.5 Å². The van der Waals surface area contributed by atoms with E-state index in [1.54, 1.807) is 26.0 Å². The fourth-order valence-electron chi connectivity index (χ4n) is 5.39. The van der Waals surface area contributed by atoms with Gasteiger partial charge in [-0.1, -0.05) is 13.0 Å². The maximum Gasteiger partial charge on any atom is 0.255 e. The molecular formula is C29H36FN5O4. The Bertz CT molecular complexity index is 1400. The Balaban J connectivity index is 1.40. The highest BCUT2D eigenvalue weighted by atomic mass is 19.1. The van der Waals surface area contributed by atoms with Crippen molar-refractivity contribution in [3.8, 4) is 17.0 Å². The molecule has 39 heavy (non-hydrogen) atoms. The molecule has 0 unspecified atom stereocenters. The second kappa shape index (κ2) is 10.9. The van der Waals surface area contributed by atoms with E-state index in [1.165, 1.54) is 13.3 Å². The molecule has 2 aliphatic rings. The lowest BCUT2D eigenvalue weighted by atomic mass is 9.82. The lowest BCUT2D eigenvalue weighted by Crippen LogP contribution is -2.49. The molecule has 0 spiro atoms. The van der Waals surface area contributed by atoms with Gasteiger partial charge in [0.2, 0.25) is 5.91 Å². The minimum Gasteiger partial charge on any atom is -0.492 e. The van der Waals surface area contributed by atoms with Crippen LogP contribution in [0, 0.1) is 31.5 Å². The van der Waals surface area contributed by atoms with Crippen LogP contribution in [0.2, 0.25) is 0 Å². The van der Waals surface area contributed by atoms with Crippen LogP contribution < -0.4 is 15.4 Å². The van der Waals surface area contributed by atoms with Gasteiger partial charge in [0.05, 0.1) is 23.3 Å². The Kier molecular flexibility index (Phi) is 7.57. The molecule has 1 aromatic carbocycles. The number of aliphatic hydroxyl groups is 1. The number of H-pyrrole nitrogens is 1. The molecule has 0 radical (unpaired) electrons. The smallest absolute Gasteiger partial charge is 0.255 e. The van der Waals surface area contributed by atoms with E-state index in [2.05, 4.69) is 25.6 Å². The predicted octanol–water partition coefficient (Wildman–Crippen LogP) is 3.95. The lowest BCUT2D eigenvalue weighted by Gasteiger charge is -2.35. The van der Waals surface area contributed by atoms with E-state index in [1.807, 2.05) is 6.92 Å². The van der Waals surface area contributed by atoms with Crippen molar-refractivity contribution >= 4 is 22.8 Å². The molecule has 2 aliphatic carbocycles. The van der Waals surface area contributed by atoms with Gasteiger partial charge in [-0.05, 0) is 76.3 Å². The van der Waals surface area contributed by atoms with Gasteiger partial charge in [-0.25, -0.2) is 14.4 Å². The summed E-state index contributed by atoms with van der Waals surface area (Å²) < 4.78 is 21.5. The first-order valence-corrected chi connectivity index (χ1v) is 13.7. The summed E-state index contributed by atoms with van der Waals surface area (Å²) in [7, 11) is 0. The molecule has 4 atom stereocenters. The number of ether oxygens (including phenoxy) is 1. The van der Waals surface area contributed by atoms with Crippen molar-refractivity contribution in [3.63, 3.8) is 0 Å². The van der Waals surface area contributed by atoms with Crippen LogP contribution in [0.1, 0.15) is 67.6 Å². The zero-order valence-electron chi connectivity index (χ0n) is 22.8. The molecule has 0 aliphatic heterocycles. The molecule has 2 amide bonds. The van der Waals surface area contributed by atoms with Crippen LogP contribution in [0.4, 0.5) is 4.39 Å². The van der Waals surface area contributed by atoms with Crippen molar-refractivity contribution in [2.45, 2.75) is 78.0 Å². The standard InChI is InChI=1S/C29H36FN5O4/c1-14-5-10-21(39-12-18-6-7-18)23(24(14)30)26-27-25(31-13-32-26)22(16(3)33-27)29(38)35-20-9-8-19(11-15(20)2)34-28(37)17(4)36/h5,10,13,15,17-20,33,36H,6-9,11-12H2,1-4H3,(H,34,37)(H,35,38)/t15-,17+,19-,20-/m1/s1. The number of benzene rings is 1. The summed E-state index contributed by atoms with van der Waals surface area (Å²) in [6.07, 6.45) is 4.62. The number of hydrogen-bond acceptors (Lipinski definition) is 6. The Morgan fingerprint density at radius 1 is 1.18 bits per heavy atom. The number of rotatable bonds is 8. The van der Waals surface area contributed by atoms with E-state index in [4.69, 9.17) is 4.74 Å². The van der Waals surface area contributed by atoms with Gasteiger partial charge >= 0.3 is 0 Å². The van der Waals surface area contributed by atoms with Crippen LogP contribution >= 0.6 is 0 Å². The van der Waals surface area contributed by atoms with Crippen molar-refractivity contribution in [2.24, 2.45) is 11.8 Å². The summed E-state index contributed by atoms with van der Waals surface area (Å²) in [5, 5.41) is 15.5. The van der Waals surface area contributed by atoms with E-state index in [0.717, 1.165) is 12.8 Å². The van der Waals surface area contributed by atoms with Crippen LogP contribution in [-0.2, 0) is 4.79 Å². The third kappa shape index (κ3) is 5.61. The molecular weight excluding hydrogens is 501 g/mol. The van der Waals surface area contributed by atoms with E-state index in [-0.39, 0.29) is 35.4 Å². The summed E-state index contributed by atoms with van der Waals surface area (Å²) in [4.78, 5) is 37.5. The first-order valence-electron chi connectivity index (χ1n) is 13.7. The van der Waals surface area contributed by atoms with Crippen molar-refractivity contribution in [1.82, 2.24) is 25.6 Å². The Labute approximate surface area is 227 Å². The van der Waals surface area contributed by atoms with Crippen molar-refractivity contribution in [3.05, 3.63) is 41.1 Å². The maximum absolute atomic E-state index is 15.5. The molecule has 5 rings (SSSR count). The number of aromatic amines is 1. The summed E-state index contributed by atoms with van der Waals surface area (Å²) in [5.41, 5.74) is 3.03. The topological polar surface area (TPSA) is 129 Å². The number of carbonyl (C=O) groups excluding carboxylic acids is 2. The van der Waals surface area contributed by atoms with Crippen molar-refractivity contribution < 1.29 is 23.8 Å². The number of hydrogen-bond donors (Lipinski definition) is 4. The number of aromatic nitrogens is 3. The third-order valence-corrected chi connectivity index (χ3v) is 7.92. The van der Waals surface area contributed by atoms with Gasteiger partial charge in [0, 0.05) is 17.8 Å². The normalized spacial score (nSPS) is 21.9. The SMILES string of the molecule is Cc1ccc(OCC2CC2)c(-c2ncnc3c(C(=O)N[C@@H]4CC[C@@H](NC(=O)[C@H](C)O)C[C@H]4C)c(C)[nH]c23)c1F. The molecule has 10 heteroatoms. The average Bonchev–Trinajstić information content (AvgIpc) is 3.66. The molecule has 0 bridgehead atoms. The minimum atomic E-state index is -1.05. The fourth-order valence-corrected chi connectivity index (χ4v) is 5.39. The van der Waals surface area contributed by atoms with E-state index >= 15 is 4.39 Å². The molecule has 2 aromatic heterocycles. The fraction of sp³-hybridized carbons (Fsp3) is 0.517. The quantitative estimate of drug-likeness (QED) is 0.344. The van der Waals surface area contributed by atoms with Gasteiger partial charge in [-0.3, -0.25) is 9.59 Å². The van der Waals surface area contributed by atoms with Gasteiger partial charge in [0.25, 0.3) is 5.91 Å². The first kappa shape index (κ1) is 27.1. The van der Waals surface area contributed by atoms with Crippen molar-refractivity contribution in [2.75, 3.05) is 6.61 Å². The second-order valence-corrected chi connectivity index (χ2v) is 11.1. The van der Waals surface area contributed by atoms with Crippen LogP contribution in [0.3, 0.4) is 0 Å². The number of amides is 2. The zero-order valence-corrected chi connectivity index (χ0v) is 22.8. The van der Waals surface area contributed by atoms with Gasteiger partial charge in [0.1, 0.15) is 35.2 Å². The van der Waals surface area contributed by atoms with Gasteiger partial charge in [-0.2, -0.15) is 0 Å². The van der Waals surface area contributed by atoms with Crippen LogP contribution in [0.5, 0.6) is 5.75 Å². The van der Waals surface area contributed by atoms with E-state index in [0.29, 0.717) is 71.1 Å². The summed E-state index contributed by atoms with van der Waals surface area (Å²) in [6, 6.07) is 3.35. The first-order chi connectivity index (χ1) is 18.6. The Hall–Kier alpha value is -3.53. The molecule has 4 N–H and O–H groups in total. The summed E-state index contributed by atoms with van der Waals surface area (Å²) in [6.45, 7) is 7.51. The third-order valence-electron chi connectivity index (χ3n) is 7.92. The maximum atomic E-state index is 15.5. The lowest BCUT2D eigenvalue weighted by molar-refractivity contribution is -0.129. The number of carbonyl (C=O) groups is 2. The second-order valence-electron chi connectivity index (χ2n) is 11.1. The largest absolute Gasteiger partial charge is 0.492 e.